The maximum atomic E-state index is 9.23. The standard InChI is InChI=1S/C7H14O5/c1-3-5(9)7(11)6(10)4(2-8)12-3/h3-11H,2H2,1H3/t3-,4?,5?,6-,7?/m0/s1. The molecule has 1 aliphatic heterocycles. The summed E-state index contributed by atoms with van der Waals surface area (Å²) in [4.78, 5) is 0. The first-order valence-electron chi connectivity index (χ1n) is 3.88. The predicted octanol–water partition coefficient (Wildman–Crippen LogP) is -2.15. The van der Waals surface area contributed by atoms with Gasteiger partial charge in [-0.2, -0.15) is 0 Å². The third-order valence-corrected chi connectivity index (χ3v) is 2.13. The van der Waals surface area contributed by atoms with E-state index in [0.29, 0.717) is 0 Å². The molecule has 1 heterocycles. The Bertz CT molecular complexity index is 146. The van der Waals surface area contributed by atoms with Crippen molar-refractivity contribution >= 4 is 0 Å². The van der Waals surface area contributed by atoms with Crippen LogP contribution in [0.15, 0.2) is 0 Å². The molecule has 1 rings (SSSR count). The molecule has 0 bridgehead atoms. The zero-order valence-electron chi connectivity index (χ0n) is 6.79. The lowest BCUT2D eigenvalue weighted by molar-refractivity contribution is -0.224. The van der Waals surface area contributed by atoms with Crippen molar-refractivity contribution in [3.63, 3.8) is 0 Å². The van der Waals surface area contributed by atoms with Gasteiger partial charge in [-0.25, -0.2) is 0 Å². The molecule has 3 unspecified atom stereocenters. The lowest BCUT2D eigenvalue weighted by atomic mass is 9.96. The van der Waals surface area contributed by atoms with Gasteiger partial charge in [0.15, 0.2) is 0 Å². The van der Waals surface area contributed by atoms with E-state index in [0.717, 1.165) is 0 Å². The summed E-state index contributed by atoms with van der Waals surface area (Å²) in [6.45, 7) is 1.21. The average molecular weight is 178 g/mol. The quantitative estimate of drug-likeness (QED) is 0.367. The summed E-state index contributed by atoms with van der Waals surface area (Å²) in [6.07, 6.45) is -4.94. The van der Waals surface area contributed by atoms with E-state index in [1.165, 1.54) is 0 Å². The number of ether oxygens (including phenoxy) is 1. The van der Waals surface area contributed by atoms with Crippen LogP contribution in [0, 0.1) is 0 Å². The van der Waals surface area contributed by atoms with Crippen molar-refractivity contribution < 1.29 is 25.2 Å². The highest BCUT2D eigenvalue weighted by atomic mass is 16.5. The Hall–Kier alpha value is -0.200. The first-order chi connectivity index (χ1) is 5.57. The van der Waals surface area contributed by atoms with Crippen LogP contribution in [-0.2, 0) is 4.74 Å². The molecule has 0 aliphatic carbocycles. The summed E-state index contributed by atoms with van der Waals surface area (Å²) in [5.41, 5.74) is 0. The molecule has 0 amide bonds. The fraction of sp³-hybridized carbons (Fsp3) is 1.00. The number of aliphatic hydroxyl groups excluding tert-OH is 4. The largest absolute Gasteiger partial charge is 0.394 e. The molecule has 0 spiro atoms. The molecular weight excluding hydrogens is 164 g/mol. The van der Waals surface area contributed by atoms with Crippen LogP contribution in [0.4, 0.5) is 0 Å². The monoisotopic (exact) mass is 178 g/mol. The number of hydrogen-bond acceptors (Lipinski definition) is 5. The Balaban J connectivity index is 2.63. The van der Waals surface area contributed by atoms with Crippen molar-refractivity contribution in [3.05, 3.63) is 0 Å². The third-order valence-electron chi connectivity index (χ3n) is 2.13. The summed E-state index contributed by atoms with van der Waals surface area (Å²) in [7, 11) is 0. The second-order valence-electron chi connectivity index (χ2n) is 3.03. The fourth-order valence-electron chi connectivity index (χ4n) is 1.29. The summed E-state index contributed by atoms with van der Waals surface area (Å²) in [6, 6.07) is 0. The van der Waals surface area contributed by atoms with E-state index in [-0.39, 0.29) is 6.61 Å². The molecule has 0 radical (unpaired) electrons. The molecule has 4 N–H and O–H groups in total. The van der Waals surface area contributed by atoms with E-state index in [1.807, 2.05) is 0 Å². The van der Waals surface area contributed by atoms with Crippen LogP contribution in [-0.4, -0.2) is 57.6 Å². The Morgan fingerprint density at radius 2 is 1.67 bits per heavy atom. The van der Waals surface area contributed by atoms with Crippen molar-refractivity contribution in [2.75, 3.05) is 6.61 Å². The maximum absolute atomic E-state index is 9.23. The highest BCUT2D eigenvalue weighted by Gasteiger charge is 2.41. The Kier molecular flexibility index (Phi) is 3.03. The van der Waals surface area contributed by atoms with Gasteiger partial charge in [-0.1, -0.05) is 0 Å². The van der Waals surface area contributed by atoms with Crippen molar-refractivity contribution in [2.45, 2.75) is 37.4 Å². The van der Waals surface area contributed by atoms with Crippen molar-refractivity contribution in [1.82, 2.24) is 0 Å². The Morgan fingerprint density at radius 1 is 1.08 bits per heavy atom. The molecule has 0 saturated carbocycles. The molecule has 1 fully saturated rings. The molecule has 1 aliphatic rings. The van der Waals surface area contributed by atoms with Crippen LogP contribution < -0.4 is 0 Å². The average Bonchev–Trinajstić information content (AvgIpc) is 2.08. The predicted molar refractivity (Wildman–Crippen MR) is 39.4 cm³/mol. The number of aliphatic hydroxyl groups is 4. The number of hydrogen-bond donors (Lipinski definition) is 4. The van der Waals surface area contributed by atoms with E-state index in [9.17, 15) is 15.3 Å². The first-order valence-corrected chi connectivity index (χ1v) is 3.88. The van der Waals surface area contributed by atoms with E-state index in [1.54, 1.807) is 6.92 Å². The molecule has 5 atom stereocenters. The van der Waals surface area contributed by atoms with Gasteiger partial charge in [0.2, 0.25) is 0 Å². The molecule has 0 aromatic carbocycles. The SMILES string of the molecule is C[C@@H]1OC(CO)[C@H](O)C(O)C1O. The lowest BCUT2D eigenvalue weighted by Gasteiger charge is -2.38. The second kappa shape index (κ2) is 3.68. The molecule has 72 valence electrons. The zero-order valence-corrected chi connectivity index (χ0v) is 6.79. The molecule has 12 heavy (non-hydrogen) atoms. The van der Waals surface area contributed by atoms with Gasteiger partial charge in [0.25, 0.3) is 0 Å². The molecule has 1 saturated heterocycles. The first kappa shape index (κ1) is 9.88. The Morgan fingerprint density at radius 3 is 2.17 bits per heavy atom. The summed E-state index contributed by atoms with van der Waals surface area (Å²) < 4.78 is 5.02. The Labute approximate surface area is 70.2 Å². The van der Waals surface area contributed by atoms with Crippen molar-refractivity contribution in [2.24, 2.45) is 0 Å². The molecule has 0 aromatic heterocycles. The highest BCUT2D eigenvalue weighted by molar-refractivity contribution is 4.89. The van der Waals surface area contributed by atoms with Crippen LogP contribution in [0.1, 0.15) is 6.92 Å². The summed E-state index contributed by atoms with van der Waals surface area (Å²) in [5.74, 6) is 0. The van der Waals surface area contributed by atoms with Crippen LogP contribution >= 0.6 is 0 Å². The normalized spacial score (nSPS) is 49.2. The second-order valence-corrected chi connectivity index (χ2v) is 3.03. The summed E-state index contributed by atoms with van der Waals surface area (Å²) >= 11 is 0. The van der Waals surface area contributed by atoms with E-state index in [4.69, 9.17) is 9.84 Å². The van der Waals surface area contributed by atoms with Gasteiger partial charge < -0.3 is 25.2 Å². The van der Waals surface area contributed by atoms with Gasteiger partial charge >= 0.3 is 0 Å². The summed E-state index contributed by atoms with van der Waals surface area (Å²) in [5, 5.41) is 36.4. The van der Waals surface area contributed by atoms with Crippen LogP contribution in [0.2, 0.25) is 0 Å². The molecule has 5 nitrogen and oxygen atoms in total. The fourth-order valence-corrected chi connectivity index (χ4v) is 1.29. The van der Waals surface area contributed by atoms with Crippen LogP contribution in [0.5, 0.6) is 0 Å². The van der Waals surface area contributed by atoms with Gasteiger partial charge in [-0.3, -0.25) is 0 Å². The third kappa shape index (κ3) is 1.60. The smallest absolute Gasteiger partial charge is 0.111 e. The minimum absolute atomic E-state index is 0.366. The molecule has 5 heteroatoms. The van der Waals surface area contributed by atoms with Crippen molar-refractivity contribution in [1.29, 1.82) is 0 Å². The molecular formula is C7H14O5. The molecule has 0 aromatic rings. The highest BCUT2D eigenvalue weighted by Crippen LogP contribution is 2.20. The lowest BCUT2D eigenvalue weighted by Crippen LogP contribution is -2.57. The minimum atomic E-state index is -1.24. The topological polar surface area (TPSA) is 90.2 Å². The van der Waals surface area contributed by atoms with Crippen LogP contribution in [0.3, 0.4) is 0 Å². The zero-order chi connectivity index (χ0) is 9.30. The minimum Gasteiger partial charge on any atom is -0.394 e. The van der Waals surface area contributed by atoms with E-state index < -0.39 is 30.5 Å². The van der Waals surface area contributed by atoms with Gasteiger partial charge in [0.1, 0.15) is 24.4 Å². The number of rotatable bonds is 1. The van der Waals surface area contributed by atoms with Gasteiger partial charge in [0, 0.05) is 0 Å². The van der Waals surface area contributed by atoms with Crippen LogP contribution in [0.25, 0.3) is 0 Å². The van der Waals surface area contributed by atoms with Crippen molar-refractivity contribution in [3.8, 4) is 0 Å². The van der Waals surface area contributed by atoms with E-state index >= 15 is 0 Å². The van der Waals surface area contributed by atoms with E-state index in [2.05, 4.69) is 0 Å². The van der Waals surface area contributed by atoms with Gasteiger partial charge in [-0.05, 0) is 6.92 Å². The van der Waals surface area contributed by atoms with Gasteiger partial charge in [-0.15, -0.1) is 0 Å². The van der Waals surface area contributed by atoms with Gasteiger partial charge in [0.05, 0.1) is 12.7 Å². The maximum Gasteiger partial charge on any atom is 0.111 e.